The maximum absolute atomic E-state index is 12.1. The first-order chi connectivity index (χ1) is 10.2. The van der Waals surface area contributed by atoms with E-state index in [1.165, 1.54) is 17.6 Å². The molecular weight excluding hydrogens is 308 g/mol. The van der Waals surface area contributed by atoms with Crippen molar-refractivity contribution in [3.05, 3.63) is 64.8 Å². The van der Waals surface area contributed by atoms with Crippen LogP contribution in [-0.4, -0.2) is 10.5 Å². The molecule has 0 atom stereocenters. The van der Waals surface area contributed by atoms with Gasteiger partial charge in [-0.05, 0) is 24.3 Å². The third-order valence-electron chi connectivity index (χ3n) is 2.89. The van der Waals surface area contributed by atoms with Gasteiger partial charge in [0.1, 0.15) is 0 Å². The van der Waals surface area contributed by atoms with Gasteiger partial charge in [0.2, 0.25) is 0 Å². The molecule has 0 spiro atoms. The third-order valence-corrected chi connectivity index (χ3v) is 4.24. The van der Waals surface area contributed by atoms with Crippen LogP contribution < -0.4 is 4.80 Å². The Morgan fingerprint density at radius 2 is 2.29 bits per heavy atom. The first-order valence-electron chi connectivity index (χ1n) is 6.22. The van der Waals surface area contributed by atoms with Crippen LogP contribution in [-0.2, 0) is 6.54 Å². The monoisotopic (exact) mass is 318 g/mol. The van der Waals surface area contributed by atoms with Crippen molar-refractivity contribution in [1.29, 1.82) is 0 Å². The molecular formula is C15H11ClN2O2S. The Bertz CT molecular complexity index is 875. The van der Waals surface area contributed by atoms with Crippen LogP contribution in [0.1, 0.15) is 10.6 Å². The molecule has 0 N–H and O–H groups in total. The molecule has 1 aromatic carbocycles. The SMILES string of the molecule is C=CCn1c(=NC(=O)c2ccco2)sc2cccc(Cl)c21. The minimum Gasteiger partial charge on any atom is -0.459 e. The van der Waals surface area contributed by atoms with Crippen LogP contribution >= 0.6 is 22.9 Å². The van der Waals surface area contributed by atoms with E-state index in [4.69, 9.17) is 16.0 Å². The quantitative estimate of drug-likeness (QED) is 0.688. The van der Waals surface area contributed by atoms with E-state index in [0.717, 1.165) is 10.2 Å². The molecule has 0 aliphatic rings. The summed E-state index contributed by atoms with van der Waals surface area (Å²) in [6.07, 6.45) is 3.19. The third kappa shape index (κ3) is 2.57. The summed E-state index contributed by atoms with van der Waals surface area (Å²) in [6, 6.07) is 8.88. The fraction of sp³-hybridized carbons (Fsp3) is 0.0667. The number of benzene rings is 1. The van der Waals surface area contributed by atoms with Crippen molar-refractivity contribution in [2.45, 2.75) is 6.54 Å². The van der Waals surface area contributed by atoms with Gasteiger partial charge < -0.3 is 8.98 Å². The zero-order chi connectivity index (χ0) is 14.8. The van der Waals surface area contributed by atoms with Gasteiger partial charge in [-0.1, -0.05) is 35.1 Å². The number of thiazole rings is 1. The van der Waals surface area contributed by atoms with Gasteiger partial charge in [0, 0.05) is 6.54 Å². The number of fused-ring (bicyclic) bond motifs is 1. The molecule has 106 valence electrons. The molecule has 2 aromatic heterocycles. The summed E-state index contributed by atoms with van der Waals surface area (Å²) in [5.74, 6) is -0.204. The van der Waals surface area contributed by atoms with E-state index in [0.29, 0.717) is 16.4 Å². The van der Waals surface area contributed by atoms with Gasteiger partial charge in [-0.3, -0.25) is 4.79 Å². The van der Waals surface area contributed by atoms with Crippen molar-refractivity contribution in [2.24, 2.45) is 4.99 Å². The van der Waals surface area contributed by atoms with E-state index in [9.17, 15) is 4.79 Å². The molecule has 0 aliphatic heterocycles. The Kier molecular flexibility index (Phi) is 3.77. The lowest BCUT2D eigenvalue weighted by molar-refractivity contribution is 0.0971. The molecule has 0 fully saturated rings. The lowest BCUT2D eigenvalue weighted by atomic mass is 10.3. The maximum Gasteiger partial charge on any atom is 0.315 e. The summed E-state index contributed by atoms with van der Waals surface area (Å²) < 4.78 is 7.91. The van der Waals surface area contributed by atoms with E-state index >= 15 is 0 Å². The van der Waals surface area contributed by atoms with Crippen molar-refractivity contribution in [2.75, 3.05) is 0 Å². The zero-order valence-corrected chi connectivity index (χ0v) is 12.5. The number of carbonyl (C=O) groups is 1. The number of rotatable bonds is 3. The number of halogens is 1. The number of aromatic nitrogens is 1. The number of amides is 1. The van der Waals surface area contributed by atoms with E-state index in [2.05, 4.69) is 11.6 Å². The van der Waals surface area contributed by atoms with Crippen LogP contribution in [0, 0.1) is 0 Å². The smallest absolute Gasteiger partial charge is 0.315 e. The highest BCUT2D eigenvalue weighted by atomic mass is 35.5. The number of carbonyl (C=O) groups excluding carboxylic acids is 1. The topological polar surface area (TPSA) is 47.5 Å². The Labute approximate surface area is 129 Å². The number of hydrogen-bond acceptors (Lipinski definition) is 3. The first kappa shape index (κ1) is 13.9. The fourth-order valence-electron chi connectivity index (χ4n) is 2.01. The van der Waals surface area contributed by atoms with Crippen molar-refractivity contribution >= 4 is 39.1 Å². The molecule has 3 rings (SSSR count). The van der Waals surface area contributed by atoms with Crippen LogP contribution in [0.4, 0.5) is 0 Å². The van der Waals surface area contributed by atoms with Crippen LogP contribution in [0.2, 0.25) is 5.02 Å². The molecule has 0 bridgehead atoms. The predicted molar refractivity (Wildman–Crippen MR) is 83.6 cm³/mol. The predicted octanol–water partition coefficient (Wildman–Crippen LogP) is 3.88. The molecule has 3 aromatic rings. The molecule has 0 saturated heterocycles. The number of furan rings is 1. The summed E-state index contributed by atoms with van der Waals surface area (Å²) in [5, 5.41) is 0.623. The summed E-state index contributed by atoms with van der Waals surface area (Å²) in [7, 11) is 0. The number of allylic oxidation sites excluding steroid dienone is 1. The maximum atomic E-state index is 12.1. The van der Waals surface area contributed by atoms with Crippen molar-refractivity contribution in [3.63, 3.8) is 0 Å². The number of hydrogen-bond donors (Lipinski definition) is 0. The van der Waals surface area contributed by atoms with Gasteiger partial charge in [0.05, 0.1) is 21.5 Å². The molecule has 1 amide bonds. The summed E-state index contributed by atoms with van der Waals surface area (Å²) in [6.45, 7) is 4.26. The van der Waals surface area contributed by atoms with Gasteiger partial charge in [-0.25, -0.2) is 0 Å². The molecule has 0 saturated carbocycles. The van der Waals surface area contributed by atoms with Gasteiger partial charge in [-0.2, -0.15) is 4.99 Å². The summed E-state index contributed by atoms with van der Waals surface area (Å²) in [5.41, 5.74) is 0.857. The minimum absolute atomic E-state index is 0.212. The van der Waals surface area contributed by atoms with Crippen LogP contribution in [0.3, 0.4) is 0 Å². The highest BCUT2D eigenvalue weighted by Gasteiger charge is 2.11. The van der Waals surface area contributed by atoms with Gasteiger partial charge >= 0.3 is 5.91 Å². The van der Waals surface area contributed by atoms with E-state index in [1.54, 1.807) is 18.2 Å². The van der Waals surface area contributed by atoms with E-state index in [-0.39, 0.29) is 5.76 Å². The lowest BCUT2D eigenvalue weighted by Gasteiger charge is -2.02. The van der Waals surface area contributed by atoms with Crippen molar-refractivity contribution < 1.29 is 9.21 Å². The largest absolute Gasteiger partial charge is 0.459 e. The van der Waals surface area contributed by atoms with Gasteiger partial charge in [0.15, 0.2) is 10.6 Å². The molecule has 4 nitrogen and oxygen atoms in total. The van der Waals surface area contributed by atoms with Crippen LogP contribution in [0.5, 0.6) is 0 Å². The lowest BCUT2D eigenvalue weighted by Crippen LogP contribution is -2.16. The standard InChI is InChI=1S/C15H11ClN2O2S/c1-2-8-18-13-10(16)5-3-7-12(13)21-15(18)17-14(19)11-6-4-9-20-11/h2-7,9H,1,8H2. The average Bonchev–Trinajstić information content (AvgIpc) is 3.09. The van der Waals surface area contributed by atoms with Crippen LogP contribution in [0.15, 0.2) is 58.7 Å². The molecule has 0 aliphatic carbocycles. The summed E-state index contributed by atoms with van der Waals surface area (Å²) >= 11 is 7.66. The molecule has 2 heterocycles. The number of nitrogens with zero attached hydrogens (tertiary/aromatic N) is 2. The Morgan fingerprint density at radius 3 is 3.00 bits per heavy atom. The zero-order valence-electron chi connectivity index (χ0n) is 11.0. The highest BCUT2D eigenvalue weighted by Crippen LogP contribution is 2.25. The second-order valence-electron chi connectivity index (χ2n) is 4.26. The number of para-hydroxylation sites is 1. The highest BCUT2D eigenvalue weighted by molar-refractivity contribution is 7.16. The second kappa shape index (κ2) is 5.71. The molecule has 0 unspecified atom stereocenters. The van der Waals surface area contributed by atoms with Crippen LogP contribution in [0.25, 0.3) is 10.2 Å². The van der Waals surface area contributed by atoms with E-state index < -0.39 is 5.91 Å². The summed E-state index contributed by atoms with van der Waals surface area (Å²) in [4.78, 5) is 16.8. The normalized spacial score (nSPS) is 12.0. The molecule has 21 heavy (non-hydrogen) atoms. The minimum atomic E-state index is -0.416. The first-order valence-corrected chi connectivity index (χ1v) is 7.41. The van der Waals surface area contributed by atoms with Gasteiger partial charge in [-0.15, -0.1) is 6.58 Å². The molecule has 0 radical (unpaired) electrons. The van der Waals surface area contributed by atoms with Crippen molar-refractivity contribution in [3.8, 4) is 0 Å². The fourth-order valence-corrected chi connectivity index (χ4v) is 3.41. The molecule has 6 heteroatoms. The second-order valence-corrected chi connectivity index (χ2v) is 5.68. The average molecular weight is 319 g/mol. The Hall–Kier alpha value is -2.11. The van der Waals surface area contributed by atoms with Crippen molar-refractivity contribution in [1.82, 2.24) is 4.57 Å². The Balaban J connectivity index is 2.22. The van der Waals surface area contributed by atoms with E-state index in [1.807, 2.05) is 22.8 Å². The van der Waals surface area contributed by atoms with Gasteiger partial charge in [0.25, 0.3) is 0 Å². The Morgan fingerprint density at radius 1 is 1.43 bits per heavy atom.